The number of fused-ring (bicyclic) bond motifs is 1. The highest BCUT2D eigenvalue weighted by atomic mass is 16.6. The van der Waals surface area contributed by atoms with Gasteiger partial charge in [0.05, 0.1) is 24.3 Å². The average Bonchev–Trinajstić information content (AvgIpc) is 2.97. The molecule has 228 valence electrons. The minimum atomic E-state index is -2.02. The van der Waals surface area contributed by atoms with E-state index in [-0.39, 0.29) is 17.1 Å². The normalized spacial score (nSPS) is 33.6. The van der Waals surface area contributed by atoms with E-state index in [0.717, 1.165) is 6.07 Å². The van der Waals surface area contributed by atoms with Gasteiger partial charge in [0.1, 0.15) is 89.4 Å². The van der Waals surface area contributed by atoms with Crippen LogP contribution in [0.2, 0.25) is 0 Å². The molecule has 15 heteroatoms. The highest BCUT2D eigenvalue weighted by Gasteiger charge is 2.50. The number of hydrogen-bond donors (Lipinski definition) is 11. The Morgan fingerprint density at radius 2 is 1.14 bits per heavy atom. The summed E-state index contributed by atoms with van der Waals surface area (Å²) in [6.07, 6.45) is -18.2. The standard InChI is InChI=1S/C27H30O15/c28-6-12-17(32)21(36)23(38)26(41-12)15-19(34)14-10(31)5-11(8-1-3-9(30)4-2-8)40-25(14)16(20(15)35)27-24(39)22(37)18(33)13(7-29)42-27/h1-5,12-13,17-18,21-24,26-30,32-39H,6-7H2/t12-,13-,17+,18+,21+,22+,23+,24-,26+,27-/m0/s1. The maximum absolute atomic E-state index is 13.5. The first-order valence-corrected chi connectivity index (χ1v) is 12.9. The predicted molar refractivity (Wildman–Crippen MR) is 138 cm³/mol. The molecule has 5 rings (SSSR count). The Balaban J connectivity index is 1.82. The van der Waals surface area contributed by atoms with E-state index in [4.69, 9.17) is 13.9 Å². The predicted octanol–water partition coefficient (Wildman–Crippen LogP) is -2.39. The van der Waals surface area contributed by atoms with Crippen LogP contribution in [-0.4, -0.2) is 118 Å². The van der Waals surface area contributed by atoms with Crippen molar-refractivity contribution in [2.75, 3.05) is 13.2 Å². The van der Waals surface area contributed by atoms with Gasteiger partial charge in [0, 0.05) is 11.6 Å². The first kappa shape index (κ1) is 30.1. The van der Waals surface area contributed by atoms with Crippen LogP contribution >= 0.6 is 0 Å². The molecule has 2 fully saturated rings. The quantitative estimate of drug-likeness (QED) is 0.147. The van der Waals surface area contributed by atoms with Gasteiger partial charge in [0.2, 0.25) is 0 Å². The lowest BCUT2D eigenvalue weighted by atomic mass is 9.85. The van der Waals surface area contributed by atoms with Crippen molar-refractivity contribution in [3.8, 4) is 28.6 Å². The van der Waals surface area contributed by atoms with Crippen molar-refractivity contribution < 1.29 is 70.1 Å². The molecule has 0 bridgehead atoms. The number of benzene rings is 2. The van der Waals surface area contributed by atoms with E-state index < -0.39 is 113 Å². The second-order valence-corrected chi connectivity index (χ2v) is 10.2. The summed E-state index contributed by atoms with van der Waals surface area (Å²) in [7, 11) is 0. The molecular weight excluding hydrogens is 564 g/mol. The van der Waals surface area contributed by atoms with Crippen molar-refractivity contribution in [3.63, 3.8) is 0 Å². The Bertz CT molecular complexity index is 1500. The van der Waals surface area contributed by atoms with Gasteiger partial charge in [-0.1, -0.05) is 0 Å². The fraction of sp³-hybridized carbons (Fsp3) is 0.444. The monoisotopic (exact) mass is 594 g/mol. The fourth-order valence-corrected chi connectivity index (χ4v) is 5.39. The Hall–Kier alpha value is -3.35. The molecule has 0 amide bonds. The molecule has 42 heavy (non-hydrogen) atoms. The number of rotatable bonds is 5. The van der Waals surface area contributed by atoms with Gasteiger partial charge in [-0.3, -0.25) is 4.79 Å². The molecule has 10 atom stereocenters. The molecule has 1 aromatic heterocycles. The fourth-order valence-electron chi connectivity index (χ4n) is 5.39. The third-order valence-electron chi connectivity index (χ3n) is 7.70. The molecule has 0 saturated carbocycles. The van der Waals surface area contributed by atoms with Crippen LogP contribution in [0.5, 0.6) is 17.2 Å². The van der Waals surface area contributed by atoms with Gasteiger partial charge >= 0.3 is 0 Å². The lowest BCUT2D eigenvalue weighted by molar-refractivity contribution is -0.234. The molecular formula is C27H30O15. The van der Waals surface area contributed by atoms with Gasteiger partial charge < -0.3 is 70.1 Å². The number of phenolic OH excluding ortho intramolecular Hbond substituents is 3. The summed E-state index contributed by atoms with van der Waals surface area (Å²) < 4.78 is 17.0. The number of phenols is 3. The molecule has 11 N–H and O–H groups in total. The second kappa shape index (κ2) is 11.4. The first-order chi connectivity index (χ1) is 19.9. The Morgan fingerprint density at radius 1 is 0.643 bits per heavy atom. The molecule has 3 aromatic rings. The molecule has 0 unspecified atom stereocenters. The molecule has 2 aromatic carbocycles. The summed E-state index contributed by atoms with van der Waals surface area (Å²) in [5.74, 6) is -2.20. The largest absolute Gasteiger partial charge is 0.508 e. The zero-order valence-electron chi connectivity index (χ0n) is 21.6. The summed E-state index contributed by atoms with van der Waals surface area (Å²) in [6, 6.07) is 6.37. The van der Waals surface area contributed by atoms with E-state index in [2.05, 4.69) is 0 Å². The van der Waals surface area contributed by atoms with Crippen LogP contribution in [0.1, 0.15) is 23.3 Å². The molecule has 0 radical (unpaired) electrons. The SMILES string of the molecule is O=c1cc(-c2ccc(O)cc2)oc2c([C@@H]3O[C@@H](CO)[C@@H](O)[C@@H](O)[C@@H]3O)c(O)c([C@H]3O[C@@H](CO)[C@@H](O)[C@@H](O)[C@H]3O)c(O)c12. The van der Waals surface area contributed by atoms with Crippen molar-refractivity contribution >= 4 is 11.0 Å². The molecule has 15 nitrogen and oxygen atoms in total. The third-order valence-corrected chi connectivity index (χ3v) is 7.70. The summed E-state index contributed by atoms with van der Waals surface area (Å²) in [5, 5.41) is 114. The molecule has 2 saturated heterocycles. The Morgan fingerprint density at radius 3 is 1.64 bits per heavy atom. The van der Waals surface area contributed by atoms with E-state index in [1.54, 1.807) is 0 Å². The van der Waals surface area contributed by atoms with E-state index >= 15 is 0 Å². The van der Waals surface area contributed by atoms with E-state index in [1.807, 2.05) is 0 Å². The van der Waals surface area contributed by atoms with Crippen LogP contribution in [-0.2, 0) is 9.47 Å². The molecule has 0 spiro atoms. The minimum Gasteiger partial charge on any atom is -0.508 e. The second-order valence-electron chi connectivity index (χ2n) is 10.2. The molecule has 2 aliphatic rings. The van der Waals surface area contributed by atoms with Crippen LogP contribution in [0.15, 0.2) is 39.5 Å². The van der Waals surface area contributed by atoms with Gasteiger partial charge in [0.15, 0.2) is 11.0 Å². The summed E-state index contributed by atoms with van der Waals surface area (Å²) >= 11 is 0. The maximum Gasteiger partial charge on any atom is 0.197 e. The highest BCUT2D eigenvalue weighted by Crippen LogP contribution is 2.51. The van der Waals surface area contributed by atoms with E-state index in [9.17, 15) is 61.0 Å². The van der Waals surface area contributed by atoms with Gasteiger partial charge in [0.25, 0.3) is 0 Å². The third kappa shape index (κ3) is 4.79. The van der Waals surface area contributed by atoms with Gasteiger partial charge in [-0.25, -0.2) is 0 Å². The maximum atomic E-state index is 13.5. The number of ether oxygens (including phenoxy) is 2. The summed E-state index contributed by atoms with van der Waals surface area (Å²) in [5.41, 5.74) is -2.48. The van der Waals surface area contributed by atoms with Gasteiger partial charge in [-0.05, 0) is 24.3 Å². The van der Waals surface area contributed by atoms with Crippen molar-refractivity contribution in [3.05, 3.63) is 51.7 Å². The van der Waals surface area contributed by atoms with Crippen molar-refractivity contribution in [1.82, 2.24) is 0 Å². The molecule has 3 heterocycles. The van der Waals surface area contributed by atoms with Crippen LogP contribution in [0, 0.1) is 0 Å². The topological polar surface area (TPSA) is 271 Å². The average molecular weight is 595 g/mol. The lowest BCUT2D eigenvalue weighted by Crippen LogP contribution is -2.55. The smallest absolute Gasteiger partial charge is 0.197 e. The zero-order valence-corrected chi connectivity index (χ0v) is 21.6. The Labute approximate surface area is 235 Å². The zero-order chi connectivity index (χ0) is 30.6. The van der Waals surface area contributed by atoms with Crippen LogP contribution in [0.3, 0.4) is 0 Å². The first-order valence-electron chi connectivity index (χ1n) is 12.9. The van der Waals surface area contributed by atoms with Crippen molar-refractivity contribution in [1.29, 1.82) is 0 Å². The van der Waals surface area contributed by atoms with E-state index in [0.29, 0.717) is 0 Å². The highest BCUT2D eigenvalue weighted by molar-refractivity contribution is 5.92. The summed E-state index contributed by atoms with van der Waals surface area (Å²) in [6.45, 7) is -1.70. The number of aliphatic hydroxyl groups excluding tert-OH is 8. The van der Waals surface area contributed by atoms with Crippen molar-refractivity contribution in [2.45, 2.75) is 61.0 Å². The molecule has 0 aliphatic carbocycles. The van der Waals surface area contributed by atoms with Gasteiger partial charge in [-0.15, -0.1) is 0 Å². The van der Waals surface area contributed by atoms with Crippen LogP contribution in [0.4, 0.5) is 0 Å². The summed E-state index contributed by atoms with van der Waals surface area (Å²) in [4.78, 5) is 13.5. The van der Waals surface area contributed by atoms with Crippen LogP contribution < -0.4 is 5.43 Å². The Kier molecular flexibility index (Phi) is 8.16. The van der Waals surface area contributed by atoms with Crippen LogP contribution in [0.25, 0.3) is 22.3 Å². The minimum absolute atomic E-state index is 0.0941. The number of hydrogen-bond acceptors (Lipinski definition) is 15. The molecule has 2 aliphatic heterocycles. The van der Waals surface area contributed by atoms with E-state index in [1.165, 1.54) is 24.3 Å². The van der Waals surface area contributed by atoms with Crippen molar-refractivity contribution in [2.24, 2.45) is 0 Å². The number of aromatic hydroxyl groups is 3. The lowest BCUT2D eigenvalue weighted by Gasteiger charge is -2.42. The van der Waals surface area contributed by atoms with Gasteiger partial charge in [-0.2, -0.15) is 0 Å². The number of aliphatic hydroxyl groups is 8.